The molecule has 100 valence electrons. The fraction of sp³-hybridized carbons (Fsp3) is 0.250. The predicted octanol–water partition coefficient (Wildman–Crippen LogP) is 3.92. The first kappa shape index (κ1) is 13.8. The zero-order valence-corrected chi connectivity index (χ0v) is 11.7. The van der Waals surface area contributed by atoms with Gasteiger partial charge < -0.3 is 5.32 Å². The summed E-state index contributed by atoms with van der Waals surface area (Å²) in [6.07, 6.45) is 1.75. The van der Waals surface area contributed by atoms with Gasteiger partial charge >= 0.3 is 5.69 Å². The second-order valence-electron chi connectivity index (χ2n) is 4.05. The average Bonchev–Trinajstić information content (AvgIpc) is 2.89. The van der Waals surface area contributed by atoms with Gasteiger partial charge in [-0.1, -0.05) is 24.6 Å². The van der Waals surface area contributed by atoms with Crippen molar-refractivity contribution in [3.8, 4) is 0 Å². The summed E-state index contributed by atoms with van der Waals surface area (Å²) in [5.41, 5.74) is 0.344. The van der Waals surface area contributed by atoms with E-state index in [9.17, 15) is 10.1 Å². The molecule has 1 N–H and O–H groups in total. The Hall–Kier alpha value is -1.66. The fourth-order valence-electron chi connectivity index (χ4n) is 1.67. The van der Waals surface area contributed by atoms with Gasteiger partial charge in [-0.3, -0.25) is 10.1 Å². The molecule has 0 radical (unpaired) electrons. The smallest absolute Gasteiger partial charge is 0.310 e. The molecule has 2 aromatic rings. The lowest BCUT2D eigenvalue weighted by atomic mass is 10.2. The molecular weight excluding hydrogens is 286 g/mol. The van der Waals surface area contributed by atoms with Gasteiger partial charge in [0.05, 0.1) is 9.93 Å². The van der Waals surface area contributed by atoms with E-state index in [1.165, 1.54) is 6.07 Å². The van der Waals surface area contributed by atoms with Crippen LogP contribution in [0.4, 0.5) is 11.4 Å². The summed E-state index contributed by atoms with van der Waals surface area (Å²) in [5.74, 6) is 0.179. The van der Waals surface area contributed by atoms with Crippen molar-refractivity contribution in [2.45, 2.75) is 12.8 Å². The van der Waals surface area contributed by atoms with E-state index >= 15 is 0 Å². The molecule has 2 rings (SSSR count). The number of thiazole rings is 1. The summed E-state index contributed by atoms with van der Waals surface area (Å²) in [7, 11) is 0. The zero-order chi connectivity index (χ0) is 13.8. The summed E-state index contributed by atoms with van der Waals surface area (Å²) in [6, 6.07) is 4.85. The third-order valence-corrected chi connectivity index (χ3v) is 3.95. The number of nitro benzene ring substituents is 1. The molecule has 0 spiro atoms. The molecule has 1 aromatic heterocycles. The van der Waals surface area contributed by atoms with Gasteiger partial charge in [-0.2, -0.15) is 0 Å². The maximum absolute atomic E-state index is 11.0. The van der Waals surface area contributed by atoms with Crippen LogP contribution in [0.5, 0.6) is 0 Å². The molecule has 0 saturated carbocycles. The second kappa shape index (κ2) is 5.99. The Morgan fingerprint density at radius 2 is 2.37 bits per heavy atom. The molecule has 5 nitrogen and oxygen atoms in total. The van der Waals surface area contributed by atoms with Crippen LogP contribution in [0.1, 0.15) is 17.8 Å². The van der Waals surface area contributed by atoms with Crippen molar-refractivity contribution in [1.82, 2.24) is 4.98 Å². The Labute approximate surface area is 119 Å². The van der Waals surface area contributed by atoms with Crippen molar-refractivity contribution in [2.75, 3.05) is 11.9 Å². The Balaban J connectivity index is 2.12. The van der Waals surface area contributed by atoms with Gasteiger partial charge in [0.15, 0.2) is 0 Å². The van der Waals surface area contributed by atoms with Gasteiger partial charge in [0.25, 0.3) is 0 Å². The van der Waals surface area contributed by atoms with E-state index in [1.807, 2.05) is 12.3 Å². The minimum atomic E-state index is -0.473. The number of nitrogens with one attached hydrogen (secondary N) is 1. The van der Waals surface area contributed by atoms with Gasteiger partial charge in [-0.25, -0.2) is 4.98 Å². The number of hydrogen-bond donors (Lipinski definition) is 1. The summed E-state index contributed by atoms with van der Waals surface area (Å²) in [4.78, 5) is 14.7. The first-order valence-corrected chi connectivity index (χ1v) is 6.91. The van der Waals surface area contributed by atoms with Crippen LogP contribution in [0.25, 0.3) is 0 Å². The number of nitrogens with zero attached hydrogens (tertiary/aromatic N) is 2. The SMILES string of the molecule is CC(CNc1cccc(Cl)c1[N+](=O)[O-])c1nccs1. The lowest BCUT2D eigenvalue weighted by molar-refractivity contribution is -0.383. The molecule has 1 heterocycles. The summed E-state index contributed by atoms with van der Waals surface area (Å²) < 4.78 is 0. The standard InChI is InChI=1S/C12H12ClN3O2S/c1-8(12-14-5-6-19-12)7-15-10-4-2-3-9(13)11(10)16(17)18/h2-6,8,15H,7H2,1H3. The Morgan fingerprint density at radius 1 is 1.58 bits per heavy atom. The molecule has 0 amide bonds. The monoisotopic (exact) mass is 297 g/mol. The molecular formula is C12H12ClN3O2S. The van der Waals surface area contributed by atoms with Crippen LogP contribution in [0.2, 0.25) is 5.02 Å². The van der Waals surface area contributed by atoms with E-state index < -0.39 is 4.92 Å². The van der Waals surface area contributed by atoms with E-state index in [1.54, 1.807) is 29.7 Å². The predicted molar refractivity (Wildman–Crippen MR) is 77.1 cm³/mol. The van der Waals surface area contributed by atoms with E-state index in [4.69, 9.17) is 11.6 Å². The minimum Gasteiger partial charge on any atom is -0.379 e. The van der Waals surface area contributed by atoms with E-state index in [0.717, 1.165) is 5.01 Å². The first-order chi connectivity index (χ1) is 9.09. The second-order valence-corrected chi connectivity index (χ2v) is 5.38. The van der Waals surface area contributed by atoms with Crippen LogP contribution in [0.15, 0.2) is 29.8 Å². The van der Waals surface area contributed by atoms with Crippen LogP contribution in [-0.4, -0.2) is 16.5 Å². The molecule has 0 fully saturated rings. The lowest BCUT2D eigenvalue weighted by Crippen LogP contribution is -2.11. The fourth-order valence-corrected chi connectivity index (χ4v) is 2.61. The number of hydrogen-bond acceptors (Lipinski definition) is 5. The number of aromatic nitrogens is 1. The summed E-state index contributed by atoms with van der Waals surface area (Å²) in [5, 5.41) is 17.1. The highest BCUT2D eigenvalue weighted by Gasteiger charge is 2.19. The van der Waals surface area contributed by atoms with Crippen molar-refractivity contribution < 1.29 is 4.92 Å². The molecule has 0 saturated heterocycles. The minimum absolute atomic E-state index is 0.0875. The Kier molecular flexibility index (Phi) is 4.34. The molecule has 1 unspecified atom stereocenters. The highest BCUT2D eigenvalue weighted by atomic mass is 35.5. The van der Waals surface area contributed by atoms with E-state index in [2.05, 4.69) is 10.3 Å². The number of rotatable bonds is 5. The Bertz CT molecular complexity index is 574. The molecule has 0 aliphatic rings. The third-order valence-electron chi connectivity index (χ3n) is 2.64. The van der Waals surface area contributed by atoms with Crippen molar-refractivity contribution in [3.63, 3.8) is 0 Å². The molecule has 1 aromatic carbocycles. The zero-order valence-electron chi connectivity index (χ0n) is 10.2. The number of benzene rings is 1. The van der Waals surface area contributed by atoms with Gasteiger partial charge in [0.1, 0.15) is 10.7 Å². The maximum Gasteiger partial charge on any atom is 0.310 e. The normalized spacial score (nSPS) is 12.1. The molecule has 0 bridgehead atoms. The highest BCUT2D eigenvalue weighted by molar-refractivity contribution is 7.09. The van der Waals surface area contributed by atoms with E-state index in [-0.39, 0.29) is 16.6 Å². The van der Waals surface area contributed by atoms with Gasteiger partial charge in [-0.05, 0) is 12.1 Å². The summed E-state index contributed by atoms with van der Waals surface area (Å²) >= 11 is 7.42. The quantitative estimate of drug-likeness (QED) is 0.671. The van der Waals surface area contributed by atoms with Crippen molar-refractivity contribution in [1.29, 1.82) is 0 Å². The van der Waals surface area contributed by atoms with Crippen LogP contribution in [0, 0.1) is 10.1 Å². The van der Waals surface area contributed by atoms with Gasteiger partial charge in [0, 0.05) is 24.0 Å². The number of nitro groups is 1. The maximum atomic E-state index is 11.0. The van der Waals surface area contributed by atoms with Crippen molar-refractivity contribution >= 4 is 34.3 Å². The number of para-hydroxylation sites is 1. The van der Waals surface area contributed by atoms with Crippen LogP contribution in [-0.2, 0) is 0 Å². The molecule has 19 heavy (non-hydrogen) atoms. The molecule has 0 aliphatic carbocycles. The molecule has 1 atom stereocenters. The number of anilines is 1. The van der Waals surface area contributed by atoms with Crippen LogP contribution >= 0.6 is 22.9 Å². The average molecular weight is 298 g/mol. The first-order valence-electron chi connectivity index (χ1n) is 5.65. The Morgan fingerprint density at radius 3 is 3.00 bits per heavy atom. The summed E-state index contributed by atoms with van der Waals surface area (Å²) in [6.45, 7) is 2.58. The molecule has 7 heteroatoms. The number of halogens is 1. The van der Waals surface area contributed by atoms with Gasteiger partial charge in [-0.15, -0.1) is 11.3 Å². The highest BCUT2D eigenvalue weighted by Crippen LogP contribution is 2.32. The lowest BCUT2D eigenvalue weighted by Gasteiger charge is -2.11. The van der Waals surface area contributed by atoms with Crippen molar-refractivity contribution in [3.05, 3.63) is 49.9 Å². The molecule has 0 aliphatic heterocycles. The van der Waals surface area contributed by atoms with Crippen molar-refractivity contribution in [2.24, 2.45) is 0 Å². The third kappa shape index (κ3) is 3.21. The van der Waals surface area contributed by atoms with Crippen LogP contribution in [0.3, 0.4) is 0 Å². The van der Waals surface area contributed by atoms with Crippen LogP contribution < -0.4 is 5.32 Å². The topological polar surface area (TPSA) is 68.1 Å². The largest absolute Gasteiger partial charge is 0.379 e. The van der Waals surface area contributed by atoms with Gasteiger partial charge in [0.2, 0.25) is 0 Å². The van der Waals surface area contributed by atoms with E-state index in [0.29, 0.717) is 12.2 Å².